The third-order valence-electron chi connectivity index (χ3n) is 1.88. The molecule has 0 fully saturated rings. The smallest absolute Gasteiger partial charge is 0.258 e. The molecule has 0 aliphatic rings. The lowest BCUT2D eigenvalue weighted by atomic mass is 10.2. The SMILES string of the molecule is CC(Oc1cc(F)cc(CN)c1)C(N)=O. The van der Waals surface area contributed by atoms with E-state index in [1.165, 1.54) is 19.1 Å². The molecule has 15 heavy (non-hydrogen) atoms. The molecular formula is C10H13FN2O2. The molecule has 82 valence electrons. The van der Waals surface area contributed by atoms with Gasteiger partial charge in [-0.1, -0.05) is 0 Å². The summed E-state index contributed by atoms with van der Waals surface area (Å²) in [6.45, 7) is 1.70. The quantitative estimate of drug-likeness (QED) is 0.764. The minimum Gasteiger partial charge on any atom is -0.481 e. The summed E-state index contributed by atoms with van der Waals surface area (Å²) in [6.07, 6.45) is -0.794. The maximum absolute atomic E-state index is 13.0. The highest BCUT2D eigenvalue weighted by Crippen LogP contribution is 2.17. The lowest BCUT2D eigenvalue weighted by Gasteiger charge is -2.12. The molecule has 1 rings (SSSR count). The molecular weight excluding hydrogens is 199 g/mol. The van der Waals surface area contributed by atoms with Gasteiger partial charge in [0.1, 0.15) is 11.6 Å². The number of amides is 1. The number of halogens is 1. The van der Waals surface area contributed by atoms with Crippen molar-refractivity contribution in [1.29, 1.82) is 0 Å². The Hall–Kier alpha value is -1.62. The Morgan fingerprint density at radius 2 is 2.20 bits per heavy atom. The summed E-state index contributed by atoms with van der Waals surface area (Å²) in [5, 5.41) is 0. The van der Waals surface area contributed by atoms with Crippen LogP contribution in [0.5, 0.6) is 5.75 Å². The molecule has 1 unspecified atom stereocenters. The predicted octanol–water partition coefficient (Wildman–Crippen LogP) is 0.537. The molecule has 1 amide bonds. The molecule has 1 atom stereocenters. The van der Waals surface area contributed by atoms with Crippen molar-refractivity contribution in [3.8, 4) is 5.75 Å². The first-order chi connectivity index (χ1) is 7.02. The summed E-state index contributed by atoms with van der Waals surface area (Å²) < 4.78 is 18.1. The van der Waals surface area contributed by atoms with Gasteiger partial charge in [0, 0.05) is 12.6 Å². The molecule has 0 saturated carbocycles. The third-order valence-corrected chi connectivity index (χ3v) is 1.88. The Morgan fingerprint density at radius 1 is 1.53 bits per heavy atom. The summed E-state index contributed by atoms with van der Waals surface area (Å²) in [5.41, 5.74) is 11.0. The Labute approximate surface area is 87.0 Å². The van der Waals surface area contributed by atoms with E-state index in [4.69, 9.17) is 16.2 Å². The zero-order chi connectivity index (χ0) is 11.4. The Kier molecular flexibility index (Phi) is 3.62. The Morgan fingerprint density at radius 3 is 2.73 bits per heavy atom. The summed E-state index contributed by atoms with van der Waals surface area (Å²) in [5.74, 6) is -0.806. The van der Waals surface area contributed by atoms with Crippen molar-refractivity contribution in [2.75, 3.05) is 0 Å². The molecule has 0 radical (unpaired) electrons. The van der Waals surface area contributed by atoms with Crippen molar-refractivity contribution in [3.63, 3.8) is 0 Å². The van der Waals surface area contributed by atoms with Crippen LogP contribution in [0, 0.1) is 5.82 Å². The highest BCUT2D eigenvalue weighted by atomic mass is 19.1. The second-order valence-corrected chi connectivity index (χ2v) is 3.16. The number of primary amides is 1. The van der Waals surface area contributed by atoms with Gasteiger partial charge >= 0.3 is 0 Å². The number of carbonyl (C=O) groups excluding carboxylic acids is 1. The largest absolute Gasteiger partial charge is 0.481 e. The zero-order valence-corrected chi connectivity index (χ0v) is 8.37. The van der Waals surface area contributed by atoms with E-state index in [9.17, 15) is 9.18 Å². The third kappa shape index (κ3) is 3.21. The number of hydrogen-bond acceptors (Lipinski definition) is 3. The van der Waals surface area contributed by atoms with Crippen LogP contribution in [0.4, 0.5) is 4.39 Å². The first-order valence-corrected chi connectivity index (χ1v) is 4.48. The molecule has 4 N–H and O–H groups in total. The van der Waals surface area contributed by atoms with Gasteiger partial charge in [-0.15, -0.1) is 0 Å². The van der Waals surface area contributed by atoms with E-state index in [0.717, 1.165) is 0 Å². The molecule has 0 aliphatic heterocycles. The van der Waals surface area contributed by atoms with Gasteiger partial charge in [0.05, 0.1) is 0 Å². The monoisotopic (exact) mass is 212 g/mol. The van der Waals surface area contributed by atoms with Gasteiger partial charge in [-0.2, -0.15) is 0 Å². The number of nitrogens with two attached hydrogens (primary N) is 2. The second-order valence-electron chi connectivity index (χ2n) is 3.16. The Bertz CT molecular complexity index is 368. The molecule has 1 aromatic carbocycles. The molecule has 0 aliphatic carbocycles. The molecule has 0 bridgehead atoms. The fourth-order valence-electron chi connectivity index (χ4n) is 1.07. The fraction of sp³-hybridized carbons (Fsp3) is 0.300. The van der Waals surface area contributed by atoms with Crippen LogP contribution in [0.3, 0.4) is 0 Å². The van der Waals surface area contributed by atoms with Gasteiger partial charge in [-0.25, -0.2) is 4.39 Å². The average Bonchev–Trinajstić information content (AvgIpc) is 2.16. The van der Waals surface area contributed by atoms with Crippen molar-refractivity contribution >= 4 is 5.91 Å². The number of rotatable bonds is 4. The van der Waals surface area contributed by atoms with Crippen molar-refractivity contribution in [2.24, 2.45) is 11.5 Å². The van der Waals surface area contributed by atoms with Crippen LogP contribution in [0.2, 0.25) is 0 Å². The summed E-state index contributed by atoms with van der Waals surface area (Å²) in [7, 11) is 0. The Balaban J connectivity index is 2.85. The van der Waals surface area contributed by atoms with Crippen LogP contribution in [0.25, 0.3) is 0 Å². The molecule has 0 aromatic heterocycles. The molecule has 0 spiro atoms. The maximum Gasteiger partial charge on any atom is 0.258 e. The van der Waals surface area contributed by atoms with E-state index in [-0.39, 0.29) is 12.3 Å². The van der Waals surface area contributed by atoms with E-state index in [0.29, 0.717) is 5.56 Å². The average molecular weight is 212 g/mol. The molecule has 5 heteroatoms. The van der Waals surface area contributed by atoms with Crippen LogP contribution >= 0.6 is 0 Å². The van der Waals surface area contributed by atoms with Crippen LogP contribution < -0.4 is 16.2 Å². The highest BCUT2D eigenvalue weighted by Gasteiger charge is 2.11. The van der Waals surface area contributed by atoms with Gasteiger partial charge in [-0.05, 0) is 24.6 Å². The highest BCUT2D eigenvalue weighted by molar-refractivity contribution is 5.78. The molecule has 0 saturated heterocycles. The zero-order valence-electron chi connectivity index (χ0n) is 8.37. The normalized spacial score (nSPS) is 12.2. The lowest BCUT2D eigenvalue weighted by Crippen LogP contribution is -2.30. The molecule has 0 heterocycles. The van der Waals surface area contributed by atoms with Crippen LogP contribution in [-0.4, -0.2) is 12.0 Å². The lowest BCUT2D eigenvalue weighted by molar-refractivity contribution is -0.123. The second kappa shape index (κ2) is 4.75. The van der Waals surface area contributed by atoms with E-state index < -0.39 is 17.8 Å². The van der Waals surface area contributed by atoms with Gasteiger partial charge in [-0.3, -0.25) is 4.79 Å². The summed E-state index contributed by atoms with van der Waals surface area (Å²) >= 11 is 0. The van der Waals surface area contributed by atoms with Gasteiger partial charge < -0.3 is 16.2 Å². The first-order valence-electron chi connectivity index (χ1n) is 4.48. The predicted molar refractivity (Wildman–Crippen MR) is 53.6 cm³/mol. The maximum atomic E-state index is 13.0. The van der Waals surface area contributed by atoms with Crippen molar-refractivity contribution in [2.45, 2.75) is 19.6 Å². The summed E-state index contributed by atoms with van der Waals surface area (Å²) in [4.78, 5) is 10.7. The van der Waals surface area contributed by atoms with E-state index in [1.54, 1.807) is 6.07 Å². The van der Waals surface area contributed by atoms with Gasteiger partial charge in [0.25, 0.3) is 5.91 Å². The van der Waals surface area contributed by atoms with E-state index in [1.807, 2.05) is 0 Å². The van der Waals surface area contributed by atoms with E-state index >= 15 is 0 Å². The van der Waals surface area contributed by atoms with Crippen LogP contribution in [-0.2, 0) is 11.3 Å². The van der Waals surface area contributed by atoms with E-state index in [2.05, 4.69) is 0 Å². The molecule has 4 nitrogen and oxygen atoms in total. The van der Waals surface area contributed by atoms with Crippen LogP contribution in [0.15, 0.2) is 18.2 Å². The van der Waals surface area contributed by atoms with Gasteiger partial charge in [0.2, 0.25) is 0 Å². The number of benzene rings is 1. The number of hydrogen-bond donors (Lipinski definition) is 2. The first kappa shape index (κ1) is 11.5. The van der Waals surface area contributed by atoms with Crippen molar-refractivity contribution in [1.82, 2.24) is 0 Å². The summed E-state index contributed by atoms with van der Waals surface area (Å²) in [6, 6.07) is 4.06. The topological polar surface area (TPSA) is 78.3 Å². The minimum atomic E-state index is -0.794. The minimum absolute atomic E-state index is 0.207. The van der Waals surface area contributed by atoms with Crippen molar-refractivity contribution in [3.05, 3.63) is 29.6 Å². The number of ether oxygens (including phenoxy) is 1. The fourth-order valence-corrected chi connectivity index (χ4v) is 1.07. The van der Waals surface area contributed by atoms with Crippen molar-refractivity contribution < 1.29 is 13.9 Å². The molecule has 1 aromatic rings. The van der Waals surface area contributed by atoms with Crippen LogP contribution in [0.1, 0.15) is 12.5 Å². The standard InChI is InChI=1S/C10H13FN2O2/c1-6(10(13)14)15-9-3-7(5-12)2-8(11)4-9/h2-4,6H,5,12H2,1H3,(H2,13,14). The van der Waals surface area contributed by atoms with Gasteiger partial charge in [0.15, 0.2) is 6.10 Å². The number of carbonyl (C=O) groups is 1.